The predicted octanol–water partition coefficient (Wildman–Crippen LogP) is 3.93. The SMILES string of the molecule is CCCCCC(C)NCc1cccnc1OC(C)C. The van der Waals surface area contributed by atoms with Crippen molar-refractivity contribution >= 4 is 0 Å². The number of nitrogens with zero attached hydrogens (tertiary/aromatic N) is 1. The normalized spacial score (nSPS) is 12.7. The number of aromatic nitrogens is 1. The van der Waals surface area contributed by atoms with Crippen LogP contribution in [0.25, 0.3) is 0 Å². The number of nitrogens with one attached hydrogen (secondary N) is 1. The molecule has 3 heteroatoms. The van der Waals surface area contributed by atoms with Crippen molar-refractivity contribution in [2.45, 2.75) is 72.1 Å². The smallest absolute Gasteiger partial charge is 0.218 e. The van der Waals surface area contributed by atoms with Gasteiger partial charge in [-0.25, -0.2) is 4.98 Å². The highest BCUT2D eigenvalue weighted by molar-refractivity contribution is 5.25. The van der Waals surface area contributed by atoms with Crippen molar-refractivity contribution in [3.8, 4) is 5.88 Å². The second-order valence-corrected chi connectivity index (χ2v) is 5.41. The first kappa shape index (κ1) is 16.0. The van der Waals surface area contributed by atoms with Crippen molar-refractivity contribution in [1.82, 2.24) is 10.3 Å². The number of ether oxygens (including phenoxy) is 1. The third-order valence-corrected chi connectivity index (χ3v) is 3.08. The highest BCUT2D eigenvalue weighted by atomic mass is 16.5. The number of rotatable bonds is 9. The minimum absolute atomic E-state index is 0.163. The largest absolute Gasteiger partial charge is 0.475 e. The zero-order valence-corrected chi connectivity index (χ0v) is 12.8. The van der Waals surface area contributed by atoms with E-state index in [2.05, 4.69) is 30.2 Å². The highest BCUT2D eigenvalue weighted by Gasteiger charge is 2.08. The maximum atomic E-state index is 5.73. The van der Waals surface area contributed by atoms with Crippen LogP contribution in [0.4, 0.5) is 0 Å². The Morgan fingerprint density at radius 3 is 2.74 bits per heavy atom. The van der Waals surface area contributed by atoms with E-state index in [0.29, 0.717) is 6.04 Å². The zero-order valence-electron chi connectivity index (χ0n) is 12.8. The molecule has 1 atom stereocenters. The van der Waals surface area contributed by atoms with Gasteiger partial charge in [0.15, 0.2) is 0 Å². The van der Waals surface area contributed by atoms with E-state index < -0.39 is 0 Å². The Morgan fingerprint density at radius 2 is 2.05 bits per heavy atom. The van der Waals surface area contributed by atoms with E-state index >= 15 is 0 Å². The molecule has 1 aromatic heterocycles. The van der Waals surface area contributed by atoms with Crippen LogP contribution in [0, 0.1) is 0 Å². The van der Waals surface area contributed by atoms with E-state index in [-0.39, 0.29) is 6.10 Å². The summed E-state index contributed by atoms with van der Waals surface area (Å²) >= 11 is 0. The first-order chi connectivity index (χ1) is 9.13. The maximum absolute atomic E-state index is 5.73. The van der Waals surface area contributed by atoms with Crippen LogP contribution in [0.3, 0.4) is 0 Å². The molecule has 0 aliphatic rings. The van der Waals surface area contributed by atoms with Gasteiger partial charge < -0.3 is 10.1 Å². The average molecular weight is 264 g/mol. The molecule has 0 spiro atoms. The van der Waals surface area contributed by atoms with E-state index in [1.807, 2.05) is 19.9 Å². The lowest BCUT2D eigenvalue weighted by Crippen LogP contribution is -2.26. The van der Waals surface area contributed by atoms with Gasteiger partial charge in [-0.3, -0.25) is 0 Å². The van der Waals surface area contributed by atoms with Crippen LogP contribution in [0.5, 0.6) is 5.88 Å². The molecule has 0 saturated heterocycles. The summed E-state index contributed by atoms with van der Waals surface area (Å²) < 4.78 is 5.73. The van der Waals surface area contributed by atoms with E-state index in [1.54, 1.807) is 6.20 Å². The Morgan fingerprint density at radius 1 is 1.26 bits per heavy atom. The van der Waals surface area contributed by atoms with Crippen LogP contribution in [0.1, 0.15) is 58.9 Å². The van der Waals surface area contributed by atoms with Crippen LogP contribution >= 0.6 is 0 Å². The molecule has 0 saturated carbocycles. The fourth-order valence-electron chi connectivity index (χ4n) is 1.97. The van der Waals surface area contributed by atoms with Crippen LogP contribution < -0.4 is 10.1 Å². The third kappa shape index (κ3) is 6.58. The van der Waals surface area contributed by atoms with Crippen molar-refractivity contribution in [3.05, 3.63) is 23.9 Å². The topological polar surface area (TPSA) is 34.2 Å². The molecule has 108 valence electrons. The lowest BCUT2D eigenvalue weighted by molar-refractivity contribution is 0.229. The van der Waals surface area contributed by atoms with Gasteiger partial charge in [0.2, 0.25) is 5.88 Å². The fraction of sp³-hybridized carbons (Fsp3) is 0.688. The summed E-state index contributed by atoms with van der Waals surface area (Å²) in [6, 6.07) is 4.58. The first-order valence-electron chi connectivity index (χ1n) is 7.47. The van der Waals surface area contributed by atoms with Crippen molar-refractivity contribution in [2.75, 3.05) is 0 Å². The van der Waals surface area contributed by atoms with Crippen molar-refractivity contribution in [3.63, 3.8) is 0 Å². The minimum atomic E-state index is 0.163. The summed E-state index contributed by atoms with van der Waals surface area (Å²) in [5, 5.41) is 3.55. The van der Waals surface area contributed by atoms with Gasteiger partial charge in [-0.05, 0) is 33.3 Å². The summed E-state index contributed by atoms with van der Waals surface area (Å²) in [5.41, 5.74) is 1.14. The molecule has 1 aromatic rings. The molecule has 0 amide bonds. The van der Waals surface area contributed by atoms with E-state index in [4.69, 9.17) is 4.74 Å². The standard InChI is InChI=1S/C16H28N2O/c1-5-6-7-9-14(4)18-12-15-10-8-11-17-16(15)19-13(2)3/h8,10-11,13-14,18H,5-7,9,12H2,1-4H3. The molecule has 1 rings (SSSR count). The molecule has 1 N–H and O–H groups in total. The molecule has 0 aliphatic heterocycles. The van der Waals surface area contributed by atoms with Gasteiger partial charge >= 0.3 is 0 Å². The number of unbranched alkanes of at least 4 members (excludes halogenated alkanes) is 2. The number of hydrogen-bond donors (Lipinski definition) is 1. The zero-order chi connectivity index (χ0) is 14.1. The summed E-state index contributed by atoms with van der Waals surface area (Å²) in [6.45, 7) is 9.36. The lowest BCUT2D eigenvalue weighted by Gasteiger charge is -2.16. The molecule has 1 unspecified atom stereocenters. The second-order valence-electron chi connectivity index (χ2n) is 5.41. The van der Waals surface area contributed by atoms with E-state index in [0.717, 1.165) is 18.0 Å². The van der Waals surface area contributed by atoms with E-state index in [1.165, 1.54) is 25.7 Å². The van der Waals surface area contributed by atoms with Gasteiger partial charge in [-0.15, -0.1) is 0 Å². The molecule has 0 aliphatic carbocycles. The Bertz CT molecular complexity index is 352. The molecular formula is C16H28N2O. The molecule has 19 heavy (non-hydrogen) atoms. The number of pyridine rings is 1. The van der Waals surface area contributed by atoms with Gasteiger partial charge in [0.1, 0.15) is 0 Å². The highest BCUT2D eigenvalue weighted by Crippen LogP contribution is 2.16. The van der Waals surface area contributed by atoms with Gasteiger partial charge in [-0.2, -0.15) is 0 Å². The minimum Gasteiger partial charge on any atom is -0.475 e. The molecule has 0 bridgehead atoms. The van der Waals surface area contributed by atoms with Gasteiger partial charge in [0.05, 0.1) is 6.10 Å². The molecule has 1 heterocycles. The van der Waals surface area contributed by atoms with Gasteiger partial charge in [0.25, 0.3) is 0 Å². The van der Waals surface area contributed by atoms with Crippen molar-refractivity contribution in [2.24, 2.45) is 0 Å². The van der Waals surface area contributed by atoms with Crippen LogP contribution in [0.2, 0.25) is 0 Å². The van der Waals surface area contributed by atoms with Crippen LogP contribution in [0.15, 0.2) is 18.3 Å². The quantitative estimate of drug-likeness (QED) is 0.686. The second kappa shape index (κ2) is 8.92. The Labute approximate surface area is 117 Å². The van der Waals surface area contributed by atoms with Crippen molar-refractivity contribution < 1.29 is 4.74 Å². The van der Waals surface area contributed by atoms with Gasteiger partial charge in [-0.1, -0.05) is 32.3 Å². The first-order valence-corrected chi connectivity index (χ1v) is 7.47. The number of hydrogen-bond acceptors (Lipinski definition) is 3. The van der Waals surface area contributed by atoms with Gasteiger partial charge in [0, 0.05) is 24.3 Å². The molecule has 0 radical (unpaired) electrons. The molecule has 0 fully saturated rings. The monoisotopic (exact) mass is 264 g/mol. The predicted molar refractivity (Wildman–Crippen MR) is 80.4 cm³/mol. The maximum Gasteiger partial charge on any atom is 0.218 e. The summed E-state index contributed by atoms with van der Waals surface area (Å²) in [6.07, 6.45) is 7.08. The average Bonchev–Trinajstić information content (AvgIpc) is 2.37. The van der Waals surface area contributed by atoms with E-state index in [9.17, 15) is 0 Å². The molecular weight excluding hydrogens is 236 g/mol. The van der Waals surface area contributed by atoms with Crippen molar-refractivity contribution in [1.29, 1.82) is 0 Å². The lowest BCUT2D eigenvalue weighted by atomic mass is 10.1. The summed E-state index contributed by atoms with van der Waals surface area (Å²) in [5.74, 6) is 0.755. The Hall–Kier alpha value is -1.09. The van der Waals surface area contributed by atoms with Crippen LogP contribution in [-0.4, -0.2) is 17.1 Å². The van der Waals surface area contributed by atoms with Crippen LogP contribution in [-0.2, 0) is 6.54 Å². The summed E-state index contributed by atoms with van der Waals surface area (Å²) in [7, 11) is 0. The fourth-order valence-corrected chi connectivity index (χ4v) is 1.97. The Kier molecular flexibility index (Phi) is 7.49. The molecule has 3 nitrogen and oxygen atoms in total. The third-order valence-electron chi connectivity index (χ3n) is 3.08. The summed E-state index contributed by atoms with van der Waals surface area (Å²) in [4.78, 5) is 4.31. The Balaban J connectivity index is 2.43. The molecule has 0 aromatic carbocycles.